The van der Waals surface area contributed by atoms with E-state index in [-0.39, 0.29) is 23.7 Å². The Hall–Kier alpha value is -1.65. The fourth-order valence-corrected chi connectivity index (χ4v) is 5.11. The van der Waals surface area contributed by atoms with E-state index in [4.69, 9.17) is 5.73 Å². The Balaban J connectivity index is 1.61. The maximum Gasteiger partial charge on any atom is 0.352 e. The summed E-state index contributed by atoms with van der Waals surface area (Å²) in [5, 5.41) is 20.7. The monoisotopic (exact) mass is 339 g/mol. The molecule has 0 spiro atoms. The van der Waals surface area contributed by atoms with Gasteiger partial charge in [-0.15, -0.1) is 10.2 Å². The van der Waals surface area contributed by atoms with Gasteiger partial charge in [0.1, 0.15) is 11.7 Å². The van der Waals surface area contributed by atoms with Gasteiger partial charge in [0.2, 0.25) is 11.0 Å². The number of aliphatic carboxylic acids is 1. The van der Waals surface area contributed by atoms with Crippen molar-refractivity contribution in [2.75, 3.05) is 18.0 Å². The Kier molecular flexibility index (Phi) is 3.13. The van der Waals surface area contributed by atoms with Crippen molar-refractivity contribution in [3.8, 4) is 0 Å². The number of carboxylic acids is 1. The minimum absolute atomic E-state index is 0.00419. The Morgan fingerprint density at radius 2 is 2.36 bits per heavy atom. The quantitative estimate of drug-likeness (QED) is 0.507. The second-order valence-electron chi connectivity index (χ2n) is 5.50. The summed E-state index contributed by atoms with van der Waals surface area (Å²) >= 11 is 2.68. The molecule has 0 radical (unpaired) electrons. The van der Waals surface area contributed by atoms with Crippen LogP contribution in [-0.2, 0) is 9.59 Å². The van der Waals surface area contributed by atoms with E-state index in [1.807, 2.05) is 0 Å². The van der Waals surface area contributed by atoms with Crippen LogP contribution in [0.2, 0.25) is 0 Å². The molecule has 2 fully saturated rings. The zero-order valence-electron chi connectivity index (χ0n) is 11.4. The molecule has 4 N–H and O–H groups in total. The number of hydrogen-bond acceptors (Lipinski definition) is 8. The number of nitrogens with one attached hydrogen (secondary N) is 1. The minimum Gasteiger partial charge on any atom is -0.477 e. The van der Waals surface area contributed by atoms with Crippen molar-refractivity contribution in [2.24, 2.45) is 5.92 Å². The molecule has 4 rings (SSSR count). The molecule has 22 heavy (non-hydrogen) atoms. The lowest BCUT2D eigenvalue weighted by Crippen LogP contribution is -2.68. The fourth-order valence-electron chi connectivity index (χ4n) is 3.44. The van der Waals surface area contributed by atoms with Crippen molar-refractivity contribution in [1.29, 1.82) is 0 Å². The van der Waals surface area contributed by atoms with E-state index in [9.17, 15) is 14.7 Å². The van der Waals surface area contributed by atoms with Crippen LogP contribution in [0.3, 0.4) is 0 Å². The molecule has 1 amide bonds. The number of carbonyl (C=O) groups is 2. The van der Waals surface area contributed by atoms with Crippen molar-refractivity contribution in [1.82, 2.24) is 20.4 Å². The van der Waals surface area contributed by atoms with Crippen LogP contribution in [0.25, 0.3) is 0 Å². The number of rotatable bonds is 4. The predicted molar refractivity (Wildman–Crippen MR) is 80.2 cm³/mol. The van der Waals surface area contributed by atoms with Gasteiger partial charge >= 0.3 is 5.97 Å². The van der Waals surface area contributed by atoms with Crippen LogP contribution in [0.5, 0.6) is 0 Å². The zero-order chi connectivity index (χ0) is 15.4. The first-order valence-electron chi connectivity index (χ1n) is 6.80. The number of nitrogen functional groups attached to an aromatic ring is 1. The third-order valence-electron chi connectivity index (χ3n) is 4.31. The highest BCUT2D eigenvalue weighted by Crippen LogP contribution is 2.44. The topological polar surface area (TPSA) is 121 Å². The molecule has 116 valence electrons. The number of β-lactam (4-membered cyclic amide) rings is 1. The van der Waals surface area contributed by atoms with Gasteiger partial charge in [0, 0.05) is 12.3 Å². The number of anilines is 1. The second-order valence-corrected chi connectivity index (χ2v) is 7.73. The highest BCUT2D eigenvalue weighted by atomic mass is 32.2. The Morgan fingerprint density at radius 3 is 3.05 bits per heavy atom. The van der Waals surface area contributed by atoms with E-state index in [1.165, 1.54) is 28.0 Å². The molecule has 8 nitrogen and oxygen atoms in total. The van der Waals surface area contributed by atoms with Crippen molar-refractivity contribution in [2.45, 2.75) is 22.8 Å². The Morgan fingerprint density at radius 1 is 1.55 bits per heavy atom. The number of thioether (sulfide) groups is 1. The molecule has 0 aromatic carbocycles. The standard InChI is InChI=1S/C12H13N5O3S2/c13-11-15-16-12(22-11)21-3-5-1-4-2-14-6-7(4)17(9(6)18)8(5)10(19)20/h4,6-7,14H,1-3H2,(H2,13,15)(H,19,20)/t4-,6+,7-/m1/s1. The van der Waals surface area contributed by atoms with Gasteiger partial charge in [-0.25, -0.2) is 4.79 Å². The molecule has 3 aliphatic rings. The summed E-state index contributed by atoms with van der Waals surface area (Å²) < 4.78 is 0.703. The molecule has 0 saturated carbocycles. The largest absolute Gasteiger partial charge is 0.477 e. The number of nitrogens with two attached hydrogens (primary N) is 1. The predicted octanol–water partition coefficient (Wildman–Crippen LogP) is -0.246. The first kappa shape index (κ1) is 14.0. The van der Waals surface area contributed by atoms with Crippen molar-refractivity contribution < 1.29 is 14.7 Å². The van der Waals surface area contributed by atoms with Crippen LogP contribution in [0.15, 0.2) is 15.6 Å². The molecular formula is C12H13N5O3S2. The van der Waals surface area contributed by atoms with Crippen LogP contribution in [0, 0.1) is 5.92 Å². The van der Waals surface area contributed by atoms with Crippen LogP contribution >= 0.6 is 23.1 Å². The summed E-state index contributed by atoms with van der Waals surface area (Å²) in [6.07, 6.45) is 0.695. The molecule has 3 aliphatic heterocycles. The van der Waals surface area contributed by atoms with Gasteiger partial charge in [0.25, 0.3) is 0 Å². The third-order valence-corrected chi connectivity index (χ3v) is 6.28. The number of carbonyl (C=O) groups excluding carboxylic acids is 1. The van der Waals surface area contributed by atoms with E-state index in [2.05, 4.69) is 15.5 Å². The van der Waals surface area contributed by atoms with Crippen LogP contribution in [0.1, 0.15) is 6.42 Å². The summed E-state index contributed by atoms with van der Waals surface area (Å²) in [4.78, 5) is 25.2. The summed E-state index contributed by atoms with van der Waals surface area (Å²) in [6.45, 7) is 0.754. The molecule has 4 heterocycles. The van der Waals surface area contributed by atoms with Gasteiger partial charge in [-0.2, -0.15) is 0 Å². The molecule has 0 unspecified atom stereocenters. The van der Waals surface area contributed by atoms with E-state index in [0.717, 1.165) is 12.1 Å². The average molecular weight is 339 g/mol. The first-order valence-corrected chi connectivity index (χ1v) is 8.60. The van der Waals surface area contributed by atoms with Crippen LogP contribution < -0.4 is 11.1 Å². The van der Waals surface area contributed by atoms with E-state index in [0.29, 0.717) is 27.6 Å². The Bertz CT molecular complexity index is 703. The highest BCUT2D eigenvalue weighted by molar-refractivity contribution is 8.01. The molecular weight excluding hydrogens is 326 g/mol. The van der Waals surface area contributed by atoms with Gasteiger partial charge < -0.3 is 16.2 Å². The van der Waals surface area contributed by atoms with E-state index >= 15 is 0 Å². The molecule has 10 heteroatoms. The number of carboxylic acid groups (broad SMARTS) is 1. The lowest BCUT2D eigenvalue weighted by molar-refractivity contribution is -0.153. The van der Waals surface area contributed by atoms with Crippen molar-refractivity contribution >= 4 is 40.1 Å². The number of amides is 1. The molecule has 0 bridgehead atoms. The van der Waals surface area contributed by atoms with Gasteiger partial charge in [-0.1, -0.05) is 23.1 Å². The number of hydrogen-bond donors (Lipinski definition) is 3. The SMILES string of the molecule is Nc1nnc(SCC2=C(C(=O)O)N3C(=O)[C@H]4NC[C@@H](C2)[C@H]43)s1. The molecule has 1 aromatic heterocycles. The molecule has 2 saturated heterocycles. The maximum atomic E-state index is 12.1. The first-order chi connectivity index (χ1) is 10.6. The lowest BCUT2D eigenvalue weighted by Gasteiger charge is -2.48. The van der Waals surface area contributed by atoms with Crippen molar-refractivity contribution in [3.05, 3.63) is 11.3 Å². The highest BCUT2D eigenvalue weighted by Gasteiger charge is 2.59. The summed E-state index contributed by atoms with van der Waals surface area (Å²) in [7, 11) is 0. The normalized spacial score (nSPS) is 29.5. The summed E-state index contributed by atoms with van der Waals surface area (Å²) in [5.41, 5.74) is 6.47. The van der Waals surface area contributed by atoms with E-state index < -0.39 is 5.97 Å². The molecule has 1 aromatic rings. The molecule has 0 aliphatic carbocycles. The van der Waals surface area contributed by atoms with Gasteiger partial charge in [-0.3, -0.25) is 9.69 Å². The minimum atomic E-state index is -1.04. The second kappa shape index (κ2) is 4.93. The summed E-state index contributed by atoms with van der Waals surface area (Å²) in [5.74, 6) is -0.397. The van der Waals surface area contributed by atoms with Gasteiger partial charge in [0.05, 0.1) is 6.04 Å². The summed E-state index contributed by atoms with van der Waals surface area (Å²) in [6, 6.07) is -0.193. The van der Waals surface area contributed by atoms with E-state index in [1.54, 1.807) is 0 Å². The third kappa shape index (κ3) is 1.94. The number of aromatic nitrogens is 2. The zero-order valence-corrected chi connectivity index (χ0v) is 13.0. The lowest BCUT2D eigenvalue weighted by atomic mass is 9.80. The van der Waals surface area contributed by atoms with Gasteiger partial charge in [0.15, 0.2) is 4.34 Å². The van der Waals surface area contributed by atoms with Crippen LogP contribution in [0.4, 0.5) is 5.13 Å². The van der Waals surface area contributed by atoms with Crippen LogP contribution in [-0.4, -0.2) is 56.5 Å². The Labute approximate surface area is 133 Å². The van der Waals surface area contributed by atoms with Gasteiger partial charge in [-0.05, 0) is 17.9 Å². The fraction of sp³-hybridized carbons (Fsp3) is 0.500. The van der Waals surface area contributed by atoms with Crippen molar-refractivity contribution in [3.63, 3.8) is 0 Å². The smallest absolute Gasteiger partial charge is 0.352 e. The molecule has 3 atom stereocenters. The number of nitrogens with zero attached hydrogens (tertiary/aromatic N) is 3. The maximum absolute atomic E-state index is 12.1. The average Bonchev–Trinajstić information content (AvgIpc) is 3.07.